The lowest BCUT2D eigenvalue weighted by Gasteiger charge is -2.23. The molecule has 29 heavy (non-hydrogen) atoms. The molecular formula is C18H17ClF3N3O3S. The van der Waals surface area contributed by atoms with Crippen LogP contribution in [0.4, 0.5) is 13.2 Å². The van der Waals surface area contributed by atoms with E-state index in [4.69, 9.17) is 16.0 Å². The molecule has 1 saturated heterocycles. The summed E-state index contributed by atoms with van der Waals surface area (Å²) in [4.78, 5) is 29.9. The average molecular weight is 448 g/mol. The van der Waals surface area contributed by atoms with Gasteiger partial charge in [0.2, 0.25) is 11.8 Å². The third kappa shape index (κ3) is 5.89. The number of oxazole rings is 1. The van der Waals surface area contributed by atoms with E-state index in [0.717, 1.165) is 5.56 Å². The van der Waals surface area contributed by atoms with Gasteiger partial charge >= 0.3 is 6.18 Å². The molecule has 0 aliphatic carbocycles. The van der Waals surface area contributed by atoms with E-state index in [-0.39, 0.29) is 30.4 Å². The smallest absolute Gasteiger partial charge is 0.405 e. The molecule has 0 bridgehead atoms. The van der Waals surface area contributed by atoms with Crippen molar-refractivity contribution in [2.75, 3.05) is 18.2 Å². The number of nitrogens with one attached hydrogen (secondary N) is 1. The second-order valence-corrected chi connectivity index (χ2v) is 7.77. The summed E-state index contributed by atoms with van der Waals surface area (Å²) in [5.41, 5.74) is 0.789. The number of rotatable bonds is 6. The fourth-order valence-electron chi connectivity index (χ4n) is 2.74. The third-order valence-electron chi connectivity index (χ3n) is 4.20. The monoisotopic (exact) mass is 447 g/mol. The van der Waals surface area contributed by atoms with Crippen LogP contribution in [0.3, 0.4) is 0 Å². The molecule has 2 heterocycles. The van der Waals surface area contributed by atoms with Crippen molar-refractivity contribution in [3.63, 3.8) is 0 Å². The Morgan fingerprint density at radius 1 is 1.31 bits per heavy atom. The van der Waals surface area contributed by atoms with Crippen molar-refractivity contribution in [3.05, 3.63) is 41.4 Å². The Bertz CT molecular complexity index is 873. The van der Waals surface area contributed by atoms with E-state index >= 15 is 0 Å². The maximum absolute atomic E-state index is 12.5. The Labute approximate surface area is 173 Å². The number of hydrogen-bond donors (Lipinski definition) is 1. The van der Waals surface area contributed by atoms with E-state index in [1.807, 2.05) is 5.32 Å². The summed E-state index contributed by atoms with van der Waals surface area (Å²) in [6, 6.07) is 6.09. The number of alkyl halides is 3. The van der Waals surface area contributed by atoms with Crippen LogP contribution in [0.1, 0.15) is 12.3 Å². The molecule has 11 heteroatoms. The van der Waals surface area contributed by atoms with Crippen molar-refractivity contribution in [2.45, 2.75) is 25.1 Å². The van der Waals surface area contributed by atoms with Crippen LogP contribution in [0.25, 0.3) is 11.3 Å². The van der Waals surface area contributed by atoms with Gasteiger partial charge in [0.25, 0.3) is 0 Å². The van der Waals surface area contributed by atoms with E-state index in [1.54, 1.807) is 30.5 Å². The van der Waals surface area contributed by atoms with Gasteiger partial charge in [-0.1, -0.05) is 11.6 Å². The third-order valence-corrected chi connectivity index (χ3v) is 5.47. The van der Waals surface area contributed by atoms with Crippen LogP contribution in [-0.4, -0.2) is 52.1 Å². The first-order valence-corrected chi connectivity index (χ1v) is 10.2. The summed E-state index contributed by atoms with van der Waals surface area (Å²) < 4.78 is 42.5. The van der Waals surface area contributed by atoms with Gasteiger partial charge in [-0.15, -0.1) is 11.8 Å². The van der Waals surface area contributed by atoms with Gasteiger partial charge in [-0.2, -0.15) is 13.2 Å². The van der Waals surface area contributed by atoms with Gasteiger partial charge in [-0.05, 0) is 24.3 Å². The number of aryl methyl sites for hydroxylation is 1. The minimum absolute atomic E-state index is 0.0319. The quantitative estimate of drug-likeness (QED) is 0.733. The van der Waals surface area contributed by atoms with Crippen molar-refractivity contribution >= 4 is 35.2 Å². The van der Waals surface area contributed by atoms with Crippen molar-refractivity contribution in [2.24, 2.45) is 0 Å². The molecule has 0 spiro atoms. The molecule has 1 aliphatic rings. The van der Waals surface area contributed by atoms with Crippen LogP contribution >= 0.6 is 23.4 Å². The lowest BCUT2D eigenvalue weighted by Crippen LogP contribution is -2.49. The first kappa shape index (κ1) is 21.5. The highest BCUT2D eigenvalue weighted by Crippen LogP contribution is 2.25. The van der Waals surface area contributed by atoms with Crippen molar-refractivity contribution in [3.8, 4) is 11.3 Å². The average Bonchev–Trinajstić information content (AvgIpc) is 3.34. The Kier molecular flexibility index (Phi) is 6.74. The van der Waals surface area contributed by atoms with Gasteiger partial charge in [0, 0.05) is 29.2 Å². The number of halogens is 4. The number of carbonyl (C=O) groups excluding carboxylic acids is 2. The molecule has 3 rings (SSSR count). The second kappa shape index (κ2) is 9.08. The molecular weight excluding hydrogens is 431 g/mol. The first-order chi connectivity index (χ1) is 13.7. The Morgan fingerprint density at radius 2 is 2.03 bits per heavy atom. The predicted molar refractivity (Wildman–Crippen MR) is 102 cm³/mol. The summed E-state index contributed by atoms with van der Waals surface area (Å²) >= 11 is 7.17. The topological polar surface area (TPSA) is 75.4 Å². The highest BCUT2D eigenvalue weighted by Gasteiger charge is 2.36. The van der Waals surface area contributed by atoms with Gasteiger partial charge in [-0.25, -0.2) is 4.98 Å². The number of thioether (sulfide) groups is 1. The minimum Gasteiger partial charge on any atom is -0.441 e. The summed E-state index contributed by atoms with van der Waals surface area (Å²) in [6.45, 7) is -1.42. The minimum atomic E-state index is -4.50. The molecule has 6 nitrogen and oxygen atoms in total. The molecule has 1 atom stereocenters. The predicted octanol–water partition coefficient (Wildman–Crippen LogP) is 3.51. The highest BCUT2D eigenvalue weighted by atomic mass is 35.5. The Balaban J connectivity index is 1.54. The van der Waals surface area contributed by atoms with E-state index in [1.165, 1.54) is 16.7 Å². The fraction of sp³-hybridized carbons (Fsp3) is 0.389. The van der Waals surface area contributed by atoms with Crippen LogP contribution in [0.2, 0.25) is 5.02 Å². The summed E-state index contributed by atoms with van der Waals surface area (Å²) in [7, 11) is 0. The molecule has 2 aromatic rings. The van der Waals surface area contributed by atoms with E-state index in [2.05, 4.69) is 4.98 Å². The molecule has 1 aromatic heterocycles. The van der Waals surface area contributed by atoms with Crippen molar-refractivity contribution < 1.29 is 27.2 Å². The zero-order valence-corrected chi connectivity index (χ0v) is 16.6. The number of aromatic nitrogens is 1. The highest BCUT2D eigenvalue weighted by molar-refractivity contribution is 7.99. The molecule has 156 valence electrons. The van der Waals surface area contributed by atoms with Crippen LogP contribution < -0.4 is 5.32 Å². The normalized spacial score (nSPS) is 16.8. The van der Waals surface area contributed by atoms with Crippen molar-refractivity contribution in [1.29, 1.82) is 0 Å². The SMILES string of the molecule is O=C(NCC(F)(F)F)C1CSCN1C(=O)CCc1ncc(-c2ccc(Cl)cc2)o1. The molecule has 2 amide bonds. The molecule has 0 saturated carbocycles. The maximum atomic E-state index is 12.5. The summed E-state index contributed by atoms with van der Waals surface area (Å²) in [5.74, 6) is 0.258. The number of nitrogens with zero attached hydrogens (tertiary/aromatic N) is 2. The van der Waals surface area contributed by atoms with E-state index in [9.17, 15) is 22.8 Å². The molecule has 1 aromatic carbocycles. The van der Waals surface area contributed by atoms with Gasteiger partial charge in [0.1, 0.15) is 12.6 Å². The van der Waals surface area contributed by atoms with E-state index in [0.29, 0.717) is 16.7 Å². The maximum Gasteiger partial charge on any atom is 0.405 e. The molecule has 0 radical (unpaired) electrons. The van der Waals surface area contributed by atoms with Crippen LogP contribution in [0.5, 0.6) is 0 Å². The van der Waals surface area contributed by atoms with Gasteiger partial charge in [-0.3, -0.25) is 9.59 Å². The number of carbonyl (C=O) groups is 2. The first-order valence-electron chi connectivity index (χ1n) is 8.65. The molecule has 1 N–H and O–H groups in total. The Hall–Kier alpha value is -2.20. The summed E-state index contributed by atoms with van der Waals surface area (Å²) in [5, 5.41) is 2.43. The van der Waals surface area contributed by atoms with E-state index < -0.39 is 24.7 Å². The number of benzene rings is 1. The fourth-order valence-corrected chi connectivity index (χ4v) is 4.05. The van der Waals surface area contributed by atoms with Crippen molar-refractivity contribution in [1.82, 2.24) is 15.2 Å². The van der Waals surface area contributed by atoms with Gasteiger partial charge in [0.05, 0.1) is 12.1 Å². The largest absolute Gasteiger partial charge is 0.441 e. The molecule has 1 fully saturated rings. The second-order valence-electron chi connectivity index (χ2n) is 6.34. The standard InChI is InChI=1S/C18H17ClF3N3O3S/c19-12-3-1-11(2-4-12)14-7-23-15(28-14)5-6-16(26)25-10-29-8-13(25)17(27)24-9-18(20,21)22/h1-4,7,13H,5-6,8-10H2,(H,24,27). The van der Waals surface area contributed by atoms with Crippen LogP contribution in [-0.2, 0) is 16.0 Å². The van der Waals surface area contributed by atoms with Gasteiger partial charge in [0.15, 0.2) is 11.7 Å². The zero-order chi connectivity index (χ0) is 21.0. The number of hydrogen-bond acceptors (Lipinski definition) is 5. The number of amides is 2. The lowest BCUT2D eigenvalue weighted by molar-refractivity contribution is -0.144. The van der Waals surface area contributed by atoms with Gasteiger partial charge < -0.3 is 14.6 Å². The zero-order valence-electron chi connectivity index (χ0n) is 15.0. The van der Waals surface area contributed by atoms with Crippen LogP contribution in [0.15, 0.2) is 34.9 Å². The molecule has 1 unspecified atom stereocenters. The summed E-state index contributed by atoms with van der Waals surface area (Å²) in [6.07, 6.45) is -2.71. The Morgan fingerprint density at radius 3 is 2.72 bits per heavy atom. The lowest BCUT2D eigenvalue weighted by atomic mass is 10.2. The molecule has 1 aliphatic heterocycles. The van der Waals surface area contributed by atoms with Crippen LogP contribution in [0, 0.1) is 0 Å².